The predicted molar refractivity (Wildman–Crippen MR) is 92.0 cm³/mol. The summed E-state index contributed by atoms with van der Waals surface area (Å²) in [6.45, 7) is 11.0. The van der Waals surface area contributed by atoms with Crippen molar-refractivity contribution in [3.63, 3.8) is 0 Å². The summed E-state index contributed by atoms with van der Waals surface area (Å²) in [6, 6.07) is 0. The van der Waals surface area contributed by atoms with Gasteiger partial charge in [-0.3, -0.25) is 0 Å². The maximum absolute atomic E-state index is 12.2. The molecule has 124 valence electrons. The molecule has 0 aromatic carbocycles. The number of rotatable bonds is 3. The second-order valence-electron chi connectivity index (χ2n) is 7.71. The first-order valence-electron chi connectivity index (χ1n) is 7.66. The molecular formula is C16H29IO4. The van der Waals surface area contributed by atoms with Gasteiger partial charge in [-0.2, -0.15) is 0 Å². The fourth-order valence-corrected chi connectivity index (χ4v) is 6.56. The van der Waals surface area contributed by atoms with Crippen LogP contribution in [0.1, 0.15) is 73.6 Å². The summed E-state index contributed by atoms with van der Waals surface area (Å²) in [6.07, 6.45) is 5.53. The summed E-state index contributed by atoms with van der Waals surface area (Å²) in [5, 5.41) is 0. The van der Waals surface area contributed by atoms with Crippen LogP contribution in [0.3, 0.4) is 0 Å². The minimum atomic E-state index is -2.53. The van der Waals surface area contributed by atoms with E-state index in [4.69, 9.17) is 6.13 Å². The Morgan fingerprint density at radius 3 is 1.52 bits per heavy atom. The second-order valence-corrected chi connectivity index (χ2v) is 11.7. The van der Waals surface area contributed by atoms with Gasteiger partial charge in [0.1, 0.15) is 0 Å². The van der Waals surface area contributed by atoms with Crippen LogP contribution in [0.15, 0.2) is 0 Å². The maximum atomic E-state index is 12.2. The van der Waals surface area contributed by atoms with Crippen molar-refractivity contribution < 1.29 is 15.7 Å². The van der Waals surface area contributed by atoms with Gasteiger partial charge in [-0.05, 0) is 0 Å². The molecule has 4 nitrogen and oxygen atoms in total. The van der Waals surface area contributed by atoms with Crippen LogP contribution in [0, 0.1) is 10.8 Å². The topological polar surface area (TPSA) is 52.6 Å². The predicted octanol–water partition coefficient (Wildman–Crippen LogP) is 4.83. The Morgan fingerprint density at radius 2 is 1.19 bits per heavy atom. The van der Waals surface area contributed by atoms with Crippen LogP contribution in [-0.2, 0) is 15.7 Å². The van der Waals surface area contributed by atoms with Gasteiger partial charge in [-0.15, -0.1) is 0 Å². The SMILES string of the molecule is CC(C)(C)C(=O)OI(OC(=O)C(C)(C)C)C1CCCCC1. The van der Waals surface area contributed by atoms with Gasteiger partial charge in [0.2, 0.25) is 0 Å². The molecule has 0 atom stereocenters. The van der Waals surface area contributed by atoms with Crippen LogP contribution in [0.5, 0.6) is 0 Å². The van der Waals surface area contributed by atoms with Crippen molar-refractivity contribution in [3.05, 3.63) is 0 Å². The Morgan fingerprint density at radius 1 is 0.810 bits per heavy atom. The fourth-order valence-electron chi connectivity index (χ4n) is 1.74. The molecule has 1 saturated carbocycles. The number of hydrogen-bond acceptors (Lipinski definition) is 4. The van der Waals surface area contributed by atoms with Gasteiger partial charge in [0.15, 0.2) is 0 Å². The van der Waals surface area contributed by atoms with Gasteiger partial charge in [-0.1, -0.05) is 0 Å². The van der Waals surface area contributed by atoms with Crippen LogP contribution in [-0.4, -0.2) is 15.9 Å². The molecule has 0 amide bonds. The molecule has 1 fully saturated rings. The summed E-state index contributed by atoms with van der Waals surface area (Å²) in [5.74, 6) is -0.500. The molecule has 1 rings (SSSR count). The molecule has 0 N–H and O–H groups in total. The Hall–Kier alpha value is -0.330. The first-order chi connectivity index (χ1) is 9.51. The normalized spacial score (nSPS) is 18.1. The van der Waals surface area contributed by atoms with Crippen molar-refractivity contribution in [3.8, 4) is 0 Å². The molecule has 0 unspecified atom stereocenters. The fraction of sp³-hybridized carbons (Fsp3) is 0.875. The summed E-state index contributed by atoms with van der Waals surface area (Å²) < 4.78 is 11.7. The molecular weight excluding hydrogens is 383 g/mol. The molecule has 1 aliphatic carbocycles. The average Bonchev–Trinajstić information content (AvgIpc) is 2.36. The third kappa shape index (κ3) is 6.12. The molecule has 0 radical (unpaired) electrons. The van der Waals surface area contributed by atoms with Crippen molar-refractivity contribution in [2.45, 2.75) is 77.6 Å². The third-order valence-electron chi connectivity index (χ3n) is 3.30. The van der Waals surface area contributed by atoms with Gasteiger partial charge < -0.3 is 0 Å². The molecule has 0 saturated heterocycles. The van der Waals surface area contributed by atoms with Crippen LogP contribution in [0.25, 0.3) is 0 Å². The average molecular weight is 412 g/mol. The minimum absolute atomic E-state index is 0.250. The monoisotopic (exact) mass is 412 g/mol. The van der Waals surface area contributed by atoms with E-state index in [0.29, 0.717) is 0 Å². The second kappa shape index (κ2) is 7.29. The van der Waals surface area contributed by atoms with E-state index in [-0.39, 0.29) is 15.9 Å². The molecule has 1 aliphatic rings. The van der Waals surface area contributed by atoms with Crippen molar-refractivity contribution in [1.82, 2.24) is 0 Å². The van der Waals surface area contributed by atoms with Crippen LogP contribution < -0.4 is 0 Å². The summed E-state index contributed by atoms with van der Waals surface area (Å²) in [7, 11) is 0. The number of alkyl halides is 1. The third-order valence-corrected chi connectivity index (χ3v) is 7.66. The van der Waals surface area contributed by atoms with E-state index in [1.165, 1.54) is 6.42 Å². The van der Waals surface area contributed by atoms with Crippen molar-refractivity contribution in [2.75, 3.05) is 0 Å². The number of hydrogen-bond donors (Lipinski definition) is 0. The molecule has 0 aromatic rings. The molecule has 0 spiro atoms. The van der Waals surface area contributed by atoms with Crippen molar-refractivity contribution >= 4 is 32.6 Å². The van der Waals surface area contributed by atoms with Gasteiger partial charge in [0.25, 0.3) is 0 Å². The molecule has 0 heterocycles. The van der Waals surface area contributed by atoms with Crippen LogP contribution in [0.4, 0.5) is 0 Å². The van der Waals surface area contributed by atoms with E-state index in [2.05, 4.69) is 0 Å². The molecule has 5 heteroatoms. The van der Waals surface area contributed by atoms with E-state index in [1.807, 2.05) is 41.5 Å². The van der Waals surface area contributed by atoms with Gasteiger partial charge in [0, 0.05) is 0 Å². The van der Waals surface area contributed by atoms with Gasteiger partial charge in [0.05, 0.1) is 0 Å². The van der Waals surface area contributed by atoms with Crippen molar-refractivity contribution in [2.24, 2.45) is 10.8 Å². The summed E-state index contributed by atoms with van der Waals surface area (Å²) >= 11 is -2.53. The number of halogens is 1. The standard InChI is InChI=1S/C16H29IO4/c1-15(2,3)13(18)20-17(12-10-8-7-9-11-12)21-14(19)16(4,5)6/h12H,7-11H2,1-6H3. The van der Waals surface area contributed by atoms with E-state index in [0.717, 1.165) is 25.7 Å². The summed E-state index contributed by atoms with van der Waals surface area (Å²) in [4.78, 5) is 24.3. The van der Waals surface area contributed by atoms with E-state index < -0.39 is 31.5 Å². The van der Waals surface area contributed by atoms with Gasteiger partial charge in [-0.25, -0.2) is 0 Å². The van der Waals surface area contributed by atoms with Crippen LogP contribution >= 0.6 is 20.6 Å². The Bertz CT molecular complexity index is 345. The molecule has 21 heavy (non-hydrogen) atoms. The summed E-state index contributed by atoms with van der Waals surface area (Å²) in [5.41, 5.74) is -1.11. The number of carbonyl (C=O) groups is 2. The quantitative estimate of drug-likeness (QED) is 0.492. The first kappa shape index (κ1) is 18.7. The van der Waals surface area contributed by atoms with Crippen LogP contribution in [0.2, 0.25) is 0 Å². The van der Waals surface area contributed by atoms with E-state index >= 15 is 0 Å². The molecule has 0 bridgehead atoms. The zero-order chi connectivity index (χ0) is 16.3. The Balaban J connectivity index is 2.79. The Labute approximate surface area is 136 Å². The molecule has 0 aromatic heterocycles. The zero-order valence-electron chi connectivity index (χ0n) is 14.1. The molecule has 0 aliphatic heterocycles. The zero-order valence-corrected chi connectivity index (χ0v) is 16.3. The number of carbonyl (C=O) groups excluding carboxylic acids is 2. The Kier molecular flexibility index (Phi) is 6.50. The van der Waals surface area contributed by atoms with E-state index in [9.17, 15) is 9.59 Å². The van der Waals surface area contributed by atoms with E-state index in [1.54, 1.807) is 0 Å². The van der Waals surface area contributed by atoms with Crippen molar-refractivity contribution in [1.29, 1.82) is 0 Å². The first-order valence-corrected chi connectivity index (χ1v) is 10.7. The van der Waals surface area contributed by atoms with Gasteiger partial charge >= 0.3 is 137 Å².